The van der Waals surface area contributed by atoms with Gasteiger partial charge in [0.2, 0.25) is 0 Å². The van der Waals surface area contributed by atoms with Crippen LogP contribution < -0.4 is 10.6 Å². The van der Waals surface area contributed by atoms with Crippen LogP contribution in [0.2, 0.25) is 0 Å². The summed E-state index contributed by atoms with van der Waals surface area (Å²) in [5.41, 5.74) is 4.60. The van der Waals surface area contributed by atoms with Crippen LogP contribution in [0, 0.1) is 6.92 Å². The van der Waals surface area contributed by atoms with Gasteiger partial charge in [-0.15, -0.1) is 0 Å². The Labute approximate surface area is 147 Å². The van der Waals surface area contributed by atoms with Crippen molar-refractivity contribution in [2.45, 2.75) is 26.3 Å². The second-order valence-corrected chi connectivity index (χ2v) is 6.28. The summed E-state index contributed by atoms with van der Waals surface area (Å²) < 4.78 is 1.90. The van der Waals surface area contributed by atoms with Gasteiger partial charge < -0.3 is 10.6 Å². The highest BCUT2D eigenvalue weighted by Crippen LogP contribution is 2.20. The molecular weight excluding hydrogens is 312 g/mol. The SMILES string of the molecule is Cc1nc2c(c(NCc3cnn(-c4ccccc4)c3)n1)CCNCC2. The smallest absolute Gasteiger partial charge is 0.133 e. The summed E-state index contributed by atoms with van der Waals surface area (Å²) in [5.74, 6) is 1.78. The highest BCUT2D eigenvalue weighted by atomic mass is 15.3. The average Bonchev–Trinajstić information content (AvgIpc) is 2.98. The molecule has 6 heteroatoms. The third-order valence-electron chi connectivity index (χ3n) is 4.41. The Morgan fingerprint density at radius 1 is 1.12 bits per heavy atom. The number of aromatic nitrogens is 4. The van der Waals surface area contributed by atoms with Gasteiger partial charge in [-0.2, -0.15) is 5.10 Å². The van der Waals surface area contributed by atoms with Crippen LogP contribution in [0.4, 0.5) is 5.82 Å². The molecule has 25 heavy (non-hydrogen) atoms. The molecule has 1 aliphatic rings. The third kappa shape index (κ3) is 3.53. The average molecular weight is 334 g/mol. The molecule has 128 valence electrons. The van der Waals surface area contributed by atoms with Crippen LogP contribution in [-0.2, 0) is 19.4 Å². The number of anilines is 1. The molecule has 2 aromatic heterocycles. The van der Waals surface area contributed by atoms with E-state index in [9.17, 15) is 0 Å². The molecule has 0 atom stereocenters. The molecule has 0 radical (unpaired) electrons. The summed E-state index contributed by atoms with van der Waals surface area (Å²) in [5, 5.41) is 11.4. The fourth-order valence-corrected chi connectivity index (χ4v) is 3.17. The van der Waals surface area contributed by atoms with Gasteiger partial charge in [-0.1, -0.05) is 18.2 Å². The van der Waals surface area contributed by atoms with E-state index >= 15 is 0 Å². The number of aryl methyl sites for hydroxylation is 1. The molecule has 1 aromatic carbocycles. The topological polar surface area (TPSA) is 67.7 Å². The molecule has 0 fully saturated rings. The molecule has 0 unspecified atom stereocenters. The van der Waals surface area contributed by atoms with E-state index in [1.807, 2.05) is 48.1 Å². The molecule has 0 bridgehead atoms. The molecular formula is C19H22N6. The third-order valence-corrected chi connectivity index (χ3v) is 4.41. The maximum Gasteiger partial charge on any atom is 0.133 e. The summed E-state index contributed by atoms with van der Waals surface area (Å²) >= 11 is 0. The van der Waals surface area contributed by atoms with Crippen LogP contribution in [0.15, 0.2) is 42.7 Å². The van der Waals surface area contributed by atoms with E-state index in [0.29, 0.717) is 6.54 Å². The highest BCUT2D eigenvalue weighted by molar-refractivity contribution is 5.48. The summed E-state index contributed by atoms with van der Waals surface area (Å²) in [4.78, 5) is 9.26. The first-order valence-corrected chi connectivity index (χ1v) is 8.69. The van der Waals surface area contributed by atoms with Crippen molar-refractivity contribution in [3.8, 4) is 5.69 Å². The lowest BCUT2D eigenvalue weighted by Crippen LogP contribution is -2.16. The van der Waals surface area contributed by atoms with Crippen molar-refractivity contribution < 1.29 is 0 Å². The minimum atomic E-state index is 0.698. The van der Waals surface area contributed by atoms with Crippen molar-refractivity contribution in [3.63, 3.8) is 0 Å². The van der Waals surface area contributed by atoms with Gasteiger partial charge in [0.1, 0.15) is 11.6 Å². The first kappa shape index (κ1) is 15.8. The quantitative estimate of drug-likeness (QED) is 0.766. The van der Waals surface area contributed by atoms with Gasteiger partial charge in [0.05, 0.1) is 17.6 Å². The van der Waals surface area contributed by atoms with Crippen LogP contribution in [-0.4, -0.2) is 32.8 Å². The zero-order chi connectivity index (χ0) is 17.1. The van der Waals surface area contributed by atoms with Gasteiger partial charge in [0, 0.05) is 36.8 Å². The van der Waals surface area contributed by atoms with Crippen molar-refractivity contribution in [1.29, 1.82) is 0 Å². The van der Waals surface area contributed by atoms with Crippen molar-refractivity contribution in [2.75, 3.05) is 18.4 Å². The lowest BCUT2D eigenvalue weighted by molar-refractivity contribution is 0.708. The predicted octanol–water partition coefficient (Wildman–Crippen LogP) is 2.27. The van der Waals surface area contributed by atoms with Crippen molar-refractivity contribution >= 4 is 5.82 Å². The monoisotopic (exact) mass is 334 g/mol. The normalized spacial score (nSPS) is 14.0. The van der Waals surface area contributed by atoms with Crippen LogP contribution in [0.1, 0.15) is 22.6 Å². The van der Waals surface area contributed by atoms with Crippen LogP contribution >= 0.6 is 0 Å². The zero-order valence-electron chi connectivity index (χ0n) is 14.4. The molecule has 0 spiro atoms. The van der Waals surface area contributed by atoms with E-state index < -0.39 is 0 Å². The zero-order valence-corrected chi connectivity index (χ0v) is 14.4. The summed E-state index contributed by atoms with van der Waals surface area (Å²) in [6.45, 7) is 4.60. The predicted molar refractivity (Wildman–Crippen MR) is 97.9 cm³/mol. The van der Waals surface area contributed by atoms with E-state index in [-0.39, 0.29) is 0 Å². The van der Waals surface area contributed by atoms with E-state index in [1.165, 1.54) is 11.3 Å². The van der Waals surface area contributed by atoms with Crippen molar-refractivity contribution in [1.82, 2.24) is 25.1 Å². The molecule has 0 saturated carbocycles. The maximum absolute atomic E-state index is 4.63. The fourth-order valence-electron chi connectivity index (χ4n) is 3.17. The second kappa shape index (κ2) is 7.03. The van der Waals surface area contributed by atoms with Gasteiger partial charge in [-0.25, -0.2) is 14.6 Å². The minimum absolute atomic E-state index is 0.698. The largest absolute Gasteiger partial charge is 0.366 e. The molecule has 3 heterocycles. The van der Waals surface area contributed by atoms with Crippen LogP contribution in [0.5, 0.6) is 0 Å². The second-order valence-electron chi connectivity index (χ2n) is 6.28. The number of para-hydroxylation sites is 1. The summed E-state index contributed by atoms with van der Waals surface area (Å²) in [7, 11) is 0. The van der Waals surface area contributed by atoms with E-state index in [2.05, 4.69) is 31.9 Å². The van der Waals surface area contributed by atoms with Gasteiger partial charge in [0.15, 0.2) is 0 Å². The van der Waals surface area contributed by atoms with Gasteiger partial charge in [-0.05, 0) is 32.0 Å². The Hall–Kier alpha value is -2.73. The lowest BCUT2D eigenvalue weighted by Gasteiger charge is -2.13. The molecule has 2 N–H and O–H groups in total. The Morgan fingerprint density at radius 3 is 2.84 bits per heavy atom. The fraction of sp³-hybridized carbons (Fsp3) is 0.316. The number of hydrogen-bond donors (Lipinski definition) is 2. The Kier molecular flexibility index (Phi) is 4.43. The molecule has 3 aromatic rings. The number of fused-ring (bicyclic) bond motifs is 1. The first-order chi connectivity index (χ1) is 12.3. The lowest BCUT2D eigenvalue weighted by atomic mass is 10.1. The Balaban J connectivity index is 1.52. The van der Waals surface area contributed by atoms with Crippen LogP contribution in [0.3, 0.4) is 0 Å². The standard InChI is InChI=1S/C19H22N6/c1-14-23-18-8-10-20-9-7-17(18)19(24-14)21-11-15-12-22-25(13-15)16-5-3-2-4-6-16/h2-6,12-13,20H,7-11H2,1H3,(H,21,23,24). The number of benzene rings is 1. The van der Waals surface area contributed by atoms with Gasteiger partial charge in [-0.3, -0.25) is 0 Å². The summed E-state index contributed by atoms with van der Waals surface area (Å²) in [6, 6.07) is 10.1. The van der Waals surface area contributed by atoms with E-state index in [4.69, 9.17) is 0 Å². The van der Waals surface area contributed by atoms with Crippen molar-refractivity contribution in [3.05, 3.63) is 65.4 Å². The molecule has 4 rings (SSSR count). The first-order valence-electron chi connectivity index (χ1n) is 8.69. The molecule has 1 aliphatic heterocycles. The molecule has 6 nitrogen and oxygen atoms in total. The Morgan fingerprint density at radius 2 is 1.96 bits per heavy atom. The number of nitrogens with zero attached hydrogens (tertiary/aromatic N) is 4. The Bertz CT molecular complexity index is 856. The summed E-state index contributed by atoms with van der Waals surface area (Å²) in [6.07, 6.45) is 5.87. The van der Waals surface area contributed by atoms with Crippen molar-refractivity contribution in [2.24, 2.45) is 0 Å². The molecule has 0 aliphatic carbocycles. The van der Waals surface area contributed by atoms with E-state index in [1.54, 1.807) is 0 Å². The van der Waals surface area contributed by atoms with E-state index in [0.717, 1.165) is 48.8 Å². The molecule has 0 saturated heterocycles. The minimum Gasteiger partial charge on any atom is -0.366 e. The molecule has 0 amide bonds. The van der Waals surface area contributed by atoms with Crippen LogP contribution in [0.25, 0.3) is 5.69 Å². The van der Waals surface area contributed by atoms with Gasteiger partial charge in [0.25, 0.3) is 0 Å². The number of hydrogen-bond acceptors (Lipinski definition) is 5. The highest BCUT2D eigenvalue weighted by Gasteiger charge is 2.15. The maximum atomic E-state index is 4.63. The number of nitrogens with one attached hydrogen (secondary N) is 2. The number of rotatable bonds is 4. The van der Waals surface area contributed by atoms with Gasteiger partial charge >= 0.3 is 0 Å².